The Kier molecular flexibility index (Phi) is 7.41. The van der Waals surface area contributed by atoms with Crippen molar-refractivity contribution in [2.75, 3.05) is 18.5 Å². The number of ether oxygens (including phenoxy) is 1. The standard InChI is InChI=1S/C26H31ClN6O3/c1-2-28-25-11-24-23(13-29-25)26(17-12-30-32(14-17)15-20(35)16-34)31-33(24)19-6-8-21(9-7-19)36-22-5-3-4-18(27)10-22/h3-5,10-14,19-21,34-35H,2,6-9,15-16H2,1H3,(H,28,29)/t19-,20-,21+/m1/s1. The van der Waals surface area contributed by atoms with E-state index in [0.717, 1.165) is 66.0 Å². The highest BCUT2D eigenvalue weighted by Crippen LogP contribution is 2.36. The van der Waals surface area contributed by atoms with Crippen LogP contribution in [0.25, 0.3) is 22.2 Å². The van der Waals surface area contributed by atoms with E-state index in [0.29, 0.717) is 5.02 Å². The van der Waals surface area contributed by atoms with Crippen molar-refractivity contribution in [1.82, 2.24) is 24.5 Å². The normalized spacial score (nSPS) is 18.9. The minimum atomic E-state index is -0.860. The van der Waals surface area contributed by atoms with E-state index in [-0.39, 0.29) is 25.3 Å². The first-order valence-corrected chi connectivity index (χ1v) is 12.8. The van der Waals surface area contributed by atoms with Crippen LogP contribution in [0.3, 0.4) is 0 Å². The number of nitrogens with one attached hydrogen (secondary N) is 1. The Hall–Kier alpha value is -3.14. The SMILES string of the molecule is CCNc1cc2c(cn1)c(-c1cnn(C[C@@H](O)CO)c1)nn2[C@H]1CC[C@@H](Oc2cccc(Cl)c2)CC1. The number of fused-ring (bicyclic) bond motifs is 1. The lowest BCUT2D eigenvalue weighted by molar-refractivity contribution is 0.0783. The van der Waals surface area contributed by atoms with E-state index in [1.165, 1.54) is 0 Å². The molecule has 1 saturated carbocycles. The van der Waals surface area contributed by atoms with Gasteiger partial charge in [0.2, 0.25) is 0 Å². The molecule has 3 N–H and O–H groups in total. The average molecular weight is 511 g/mol. The van der Waals surface area contributed by atoms with Crippen molar-refractivity contribution in [1.29, 1.82) is 0 Å². The van der Waals surface area contributed by atoms with Crippen molar-refractivity contribution in [3.8, 4) is 17.0 Å². The summed E-state index contributed by atoms with van der Waals surface area (Å²) in [5, 5.41) is 33.3. The lowest BCUT2D eigenvalue weighted by Crippen LogP contribution is -2.26. The molecule has 10 heteroatoms. The summed E-state index contributed by atoms with van der Waals surface area (Å²) in [7, 11) is 0. The van der Waals surface area contributed by atoms with Crippen LogP contribution in [0.5, 0.6) is 5.75 Å². The molecule has 3 aromatic heterocycles. The maximum Gasteiger partial charge on any atom is 0.128 e. The van der Waals surface area contributed by atoms with Gasteiger partial charge in [0, 0.05) is 41.0 Å². The minimum Gasteiger partial charge on any atom is -0.490 e. The van der Waals surface area contributed by atoms with E-state index >= 15 is 0 Å². The Bertz CT molecular complexity index is 1310. The molecule has 0 spiro atoms. The smallest absolute Gasteiger partial charge is 0.128 e. The highest BCUT2D eigenvalue weighted by molar-refractivity contribution is 6.30. The molecule has 3 heterocycles. The van der Waals surface area contributed by atoms with Gasteiger partial charge in [0.05, 0.1) is 43.1 Å². The molecule has 9 nitrogen and oxygen atoms in total. The zero-order valence-corrected chi connectivity index (χ0v) is 21.0. The Balaban J connectivity index is 1.40. The number of aromatic nitrogens is 5. The molecule has 36 heavy (non-hydrogen) atoms. The van der Waals surface area contributed by atoms with Gasteiger partial charge in [-0.15, -0.1) is 0 Å². The van der Waals surface area contributed by atoms with Crippen LogP contribution < -0.4 is 10.1 Å². The van der Waals surface area contributed by atoms with Gasteiger partial charge in [0.25, 0.3) is 0 Å². The fourth-order valence-electron chi connectivity index (χ4n) is 4.80. The molecule has 0 saturated heterocycles. The van der Waals surface area contributed by atoms with Crippen LogP contribution in [-0.4, -0.2) is 60.1 Å². The number of hydrogen-bond acceptors (Lipinski definition) is 7. The van der Waals surface area contributed by atoms with Crippen LogP contribution >= 0.6 is 11.6 Å². The number of hydrogen-bond donors (Lipinski definition) is 3. The number of anilines is 1. The first-order valence-electron chi connectivity index (χ1n) is 12.4. The van der Waals surface area contributed by atoms with Crippen molar-refractivity contribution in [2.45, 2.75) is 57.4 Å². The number of nitrogens with zero attached hydrogens (tertiary/aromatic N) is 5. The van der Waals surface area contributed by atoms with Gasteiger partial charge in [0.15, 0.2) is 0 Å². The van der Waals surface area contributed by atoms with Crippen molar-refractivity contribution in [3.05, 3.63) is 53.9 Å². The third kappa shape index (κ3) is 5.33. The summed E-state index contributed by atoms with van der Waals surface area (Å²) < 4.78 is 9.95. The zero-order valence-electron chi connectivity index (χ0n) is 20.2. The maximum absolute atomic E-state index is 9.78. The molecule has 1 aliphatic carbocycles. The van der Waals surface area contributed by atoms with Gasteiger partial charge in [-0.05, 0) is 50.8 Å². The largest absolute Gasteiger partial charge is 0.490 e. The van der Waals surface area contributed by atoms with Gasteiger partial charge in [-0.3, -0.25) is 9.36 Å². The molecule has 5 rings (SSSR count). The van der Waals surface area contributed by atoms with Crippen LogP contribution in [0, 0.1) is 0 Å². The van der Waals surface area contributed by atoms with Gasteiger partial charge in [0.1, 0.15) is 17.3 Å². The fourth-order valence-corrected chi connectivity index (χ4v) is 4.98. The van der Waals surface area contributed by atoms with Gasteiger partial charge in [-0.25, -0.2) is 4.98 Å². The van der Waals surface area contributed by atoms with Crippen molar-refractivity contribution in [3.63, 3.8) is 0 Å². The van der Waals surface area contributed by atoms with E-state index in [9.17, 15) is 5.11 Å². The van der Waals surface area contributed by atoms with Gasteiger partial charge in [-0.1, -0.05) is 17.7 Å². The number of pyridine rings is 1. The first-order chi connectivity index (χ1) is 17.5. The number of benzene rings is 1. The second-order valence-corrected chi connectivity index (χ2v) is 9.64. The van der Waals surface area contributed by atoms with E-state index in [4.69, 9.17) is 26.5 Å². The van der Waals surface area contributed by atoms with E-state index < -0.39 is 6.10 Å². The molecule has 0 radical (unpaired) electrons. The van der Waals surface area contributed by atoms with E-state index in [1.807, 2.05) is 43.6 Å². The summed E-state index contributed by atoms with van der Waals surface area (Å²) in [4.78, 5) is 4.58. The monoisotopic (exact) mass is 510 g/mol. The number of aliphatic hydroxyl groups excluding tert-OH is 2. The lowest BCUT2D eigenvalue weighted by Gasteiger charge is -2.29. The molecule has 0 unspecified atom stereocenters. The highest BCUT2D eigenvalue weighted by atomic mass is 35.5. The molecule has 190 valence electrons. The highest BCUT2D eigenvalue weighted by Gasteiger charge is 2.27. The molecule has 1 fully saturated rings. The van der Waals surface area contributed by atoms with E-state index in [2.05, 4.69) is 26.1 Å². The number of aliphatic hydroxyl groups is 2. The molecular weight excluding hydrogens is 480 g/mol. The molecule has 1 atom stereocenters. The third-order valence-electron chi connectivity index (χ3n) is 6.55. The predicted molar refractivity (Wildman–Crippen MR) is 139 cm³/mol. The Morgan fingerprint density at radius 2 is 2.03 bits per heavy atom. The number of rotatable bonds is 9. The van der Waals surface area contributed by atoms with Crippen LogP contribution in [0.4, 0.5) is 5.82 Å². The topological polar surface area (TPSA) is 110 Å². The zero-order chi connectivity index (χ0) is 25.1. The Morgan fingerprint density at radius 1 is 1.19 bits per heavy atom. The van der Waals surface area contributed by atoms with E-state index in [1.54, 1.807) is 10.9 Å². The van der Waals surface area contributed by atoms with Crippen molar-refractivity contribution in [2.24, 2.45) is 0 Å². The summed E-state index contributed by atoms with van der Waals surface area (Å²) in [6.07, 6.45) is 8.48. The van der Waals surface area contributed by atoms with Crippen LogP contribution in [-0.2, 0) is 6.54 Å². The van der Waals surface area contributed by atoms with Crippen LogP contribution in [0.2, 0.25) is 5.02 Å². The molecule has 0 aliphatic heterocycles. The second kappa shape index (κ2) is 10.9. The predicted octanol–water partition coefficient (Wildman–Crippen LogP) is 4.30. The summed E-state index contributed by atoms with van der Waals surface area (Å²) in [5.41, 5.74) is 2.68. The third-order valence-corrected chi connectivity index (χ3v) is 6.79. The van der Waals surface area contributed by atoms with Gasteiger partial charge in [-0.2, -0.15) is 10.2 Å². The van der Waals surface area contributed by atoms with Crippen molar-refractivity contribution < 1.29 is 14.9 Å². The second-order valence-electron chi connectivity index (χ2n) is 9.20. The molecule has 0 bridgehead atoms. The first kappa shape index (κ1) is 24.5. The molecular formula is C26H31ClN6O3. The van der Waals surface area contributed by atoms with Crippen LogP contribution in [0.15, 0.2) is 48.9 Å². The Labute approximate surface area is 214 Å². The van der Waals surface area contributed by atoms with Gasteiger partial charge < -0.3 is 20.3 Å². The summed E-state index contributed by atoms with van der Waals surface area (Å²) in [5.74, 6) is 1.62. The number of halogens is 1. The molecule has 1 aliphatic rings. The summed E-state index contributed by atoms with van der Waals surface area (Å²) >= 11 is 6.11. The fraction of sp³-hybridized carbons (Fsp3) is 0.423. The minimum absolute atomic E-state index is 0.149. The molecule has 1 aromatic carbocycles. The quantitative estimate of drug-likeness (QED) is 0.308. The van der Waals surface area contributed by atoms with Gasteiger partial charge >= 0.3 is 0 Å². The summed E-state index contributed by atoms with van der Waals surface area (Å²) in [6.45, 7) is 2.73. The van der Waals surface area contributed by atoms with Crippen molar-refractivity contribution >= 4 is 28.3 Å². The maximum atomic E-state index is 9.78. The summed E-state index contributed by atoms with van der Waals surface area (Å²) in [6, 6.07) is 9.85. The molecule has 4 aromatic rings. The lowest BCUT2D eigenvalue weighted by atomic mass is 9.93. The average Bonchev–Trinajstić information content (AvgIpc) is 3.49. The Morgan fingerprint density at radius 3 is 2.78 bits per heavy atom. The van der Waals surface area contributed by atoms with Crippen LogP contribution in [0.1, 0.15) is 38.6 Å². The molecule has 0 amide bonds.